The molecule has 0 spiro atoms. The molecule has 1 aromatic carbocycles. The summed E-state index contributed by atoms with van der Waals surface area (Å²) in [4.78, 5) is 12.2. The number of hydrogen-bond donors (Lipinski definition) is 2. The van der Waals surface area contributed by atoms with Gasteiger partial charge < -0.3 is 5.32 Å². The van der Waals surface area contributed by atoms with Gasteiger partial charge in [-0.3, -0.25) is 10.1 Å². The largest absolute Gasteiger partial charge is 0.350 e. The van der Waals surface area contributed by atoms with E-state index < -0.39 is 0 Å². The first kappa shape index (κ1) is 19.1. The molecular weight excluding hydrogens is 319 g/mol. The van der Waals surface area contributed by atoms with Gasteiger partial charge in [0, 0.05) is 22.8 Å². The number of rotatable bonds is 5. The Balaban J connectivity index is 2.11. The number of aromatic nitrogens is 2. The predicted octanol–water partition coefficient (Wildman–Crippen LogP) is 3.27. The van der Waals surface area contributed by atoms with Crippen LogP contribution in [0.4, 0.5) is 4.39 Å². The van der Waals surface area contributed by atoms with E-state index in [1.54, 1.807) is 23.0 Å². The summed E-state index contributed by atoms with van der Waals surface area (Å²) in [6, 6.07) is 5.83. The molecule has 2 atom stereocenters. The number of amides is 1. The van der Waals surface area contributed by atoms with Gasteiger partial charge in [0.05, 0.1) is 17.9 Å². The Morgan fingerprint density at radius 3 is 2.36 bits per heavy atom. The fourth-order valence-corrected chi connectivity index (χ4v) is 2.71. The molecule has 2 unspecified atom stereocenters. The standard InChI is InChI=1S/C19H27FN4O/c1-12(22-13(2)18(25)23-19(4,5)6)17-11-21-24(14(17)3)16-9-7-15(20)8-10-16/h7-13,22H,1-6H3,(H,23,25). The number of carbonyl (C=O) groups is 1. The van der Waals surface area contributed by atoms with Gasteiger partial charge in [-0.05, 0) is 65.8 Å². The molecule has 2 rings (SSSR count). The van der Waals surface area contributed by atoms with Gasteiger partial charge in [-0.2, -0.15) is 5.10 Å². The Morgan fingerprint density at radius 1 is 1.20 bits per heavy atom. The molecular formula is C19H27FN4O. The van der Waals surface area contributed by atoms with Gasteiger partial charge in [0.25, 0.3) is 0 Å². The third-order valence-electron chi connectivity index (χ3n) is 3.98. The lowest BCUT2D eigenvalue weighted by Gasteiger charge is -2.25. The Kier molecular flexibility index (Phi) is 5.62. The molecule has 0 aliphatic heterocycles. The van der Waals surface area contributed by atoms with Crippen molar-refractivity contribution in [3.8, 4) is 5.69 Å². The Bertz CT molecular complexity index is 731. The van der Waals surface area contributed by atoms with Gasteiger partial charge in [0.15, 0.2) is 0 Å². The molecule has 136 valence electrons. The van der Waals surface area contributed by atoms with Crippen LogP contribution >= 0.6 is 0 Å². The minimum Gasteiger partial charge on any atom is -0.350 e. The van der Waals surface area contributed by atoms with Crippen LogP contribution in [-0.4, -0.2) is 27.3 Å². The SMILES string of the molecule is Cc1c(C(C)NC(C)C(=O)NC(C)(C)C)cnn1-c1ccc(F)cc1. The number of hydrogen-bond acceptors (Lipinski definition) is 3. The summed E-state index contributed by atoms with van der Waals surface area (Å²) in [5.41, 5.74) is 2.49. The zero-order valence-electron chi connectivity index (χ0n) is 15.7. The van der Waals surface area contributed by atoms with Gasteiger partial charge in [-0.25, -0.2) is 9.07 Å². The lowest BCUT2D eigenvalue weighted by molar-refractivity contribution is -0.124. The zero-order chi connectivity index (χ0) is 18.8. The van der Waals surface area contributed by atoms with E-state index in [4.69, 9.17) is 0 Å². The molecule has 1 aromatic heterocycles. The van der Waals surface area contributed by atoms with E-state index in [0.717, 1.165) is 16.9 Å². The van der Waals surface area contributed by atoms with E-state index in [1.165, 1.54) is 12.1 Å². The molecule has 2 aromatic rings. The Labute approximate surface area is 148 Å². The summed E-state index contributed by atoms with van der Waals surface area (Å²) in [7, 11) is 0. The number of benzene rings is 1. The molecule has 1 amide bonds. The van der Waals surface area contributed by atoms with Gasteiger partial charge in [0.1, 0.15) is 5.82 Å². The van der Waals surface area contributed by atoms with Crippen LogP contribution in [0.15, 0.2) is 30.5 Å². The van der Waals surface area contributed by atoms with Crippen LogP contribution in [0.3, 0.4) is 0 Å². The first-order chi connectivity index (χ1) is 11.6. The first-order valence-corrected chi connectivity index (χ1v) is 8.47. The lowest BCUT2D eigenvalue weighted by atomic mass is 10.1. The fourth-order valence-electron chi connectivity index (χ4n) is 2.71. The van der Waals surface area contributed by atoms with Crippen molar-refractivity contribution in [3.63, 3.8) is 0 Å². The highest BCUT2D eigenvalue weighted by Crippen LogP contribution is 2.21. The monoisotopic (exact) mass is 346 g/mol. The van der Waals surface area contributed by atoms with E-state index in [0.29, 0.717) is 0 Å². The minimum atomic E-state index is -0.331. The highest BCUT2D eigenvalue weighted by Gasteiger charge is 2.22. The predicted molar refractivity (Wildman–Crippen MR) is 97.2 cm³/mol. The van der Waals surface area contributed by atoms with E-state index in [9.17, 15) is 9.18 Å². The second-order valence-electron chi connectivity index (χ2n) is 7.42. The van der Waals surface area contributed by atoms with Gasteiger partial charge in [-0.15, -0.1) is 0 Å². The molecule has 0 aliphatic carbocycles. The third-order valence-corrected chi connectivity index (χ3v) is 3.98. The molecule has 6 heteroatoms. The number of carbonyl (C=O) groups excluding carboxylic acids is 1. The van der Waals surface area contributed by atoms with Crippen LogP contribution in [-0.2, 0) is 4.79 Å². The number of halogens is 1. The molecule has 0 saturated heterocycles. The van der Waals surface area contributed by atoms with Crippen LogP contribution in [0.2, 0.25) is 0 Å². The van der Waals surface area contributed by atoms with Crippen molar-refractivity contribution in [2.24, 2.45) is 0 Å². The van der Waals surface area contributed by atoms with Crippen molar-refractivity contribution < 1.29 is 9.18 Å². The van der Waals surface area contributed by atoms with Gasteiger partial charge in [-0.1, -0.05) is 0 Å². The average molecular weight is 346 g/mol. The first-order valence-electron chi connectivity index (χ1n) is 8.47. The van der Waals surface area contributed by atoms with Gasteiger partial charge >= 0.3 is 0 Å². The highest BCUT2D eigenvalue weighted by molar-refractivity contribution is 5.82. The van der Waals surface area contributed by atoms with Crippen molar-refractivity contribution in [2.45, 2.75) is 59.2 Å². The molecule has 1 heterocycles. The van der Waals surface area contributed by atoms with E-state index in [2.05, 4.69) is 15.7 Å². The molecule has 0 aliphatic rings. The summed E-state index contributed by atoms with van der Waals surface area (Å²) >= 11 is 0. The molecule has 0 fully saturated rings. The Morgan fingerprint density at radius 2 is 1.80 bits per heavy atom. The van der Waals surface area contributed by atoms with Gasteiger partial charge in [0.2, 0.25) is 5.91 Å². The van der Waals surface area contributed by atoms with Crippen molar-refractivity contribution in [1.82, 2.24) is 20.4 Å². The topological polar surface area (TPSA) is 59.0 Å². The molecule has 25 heavy (non-hydrogen) atoms. The van der Waals surface area contributed by atoms with Crippen LogP contribution in [0, 0.1) is 12.7 Å². The summed E-state index contributed by atoms with van der Waals surface area (Å²) in [6.45, 7) is 11.7. The van der Waals surface area contributed by atoms with Crippen molar-refractivity contribution in [2.75, 3.05) is 0 Å². The minimum absolute atomic E-state index is 0.0390. The van der Waals surface area contributed by atoms with E-state index in [1.807, 2.05) is 41.5 Å². The van der Waals surface area contributed by atoms with Crippen molar-refractivity contribution in [1.29, 1.82) is 0 Å². The van der Waals surface area contributed by atoms with Crippen LogP contribution in [0.5, 0.6) is 0 Å². The third kappa shape index (κ3) is 4.89. The molecule has 2 N–H and O–H groups in total. The molecule has 5 nitrogen and oxygen atoms in total. The van der Waals surface area contributed by atoms with Crippen molar-refractivity contribution in [3.05, 3.63) is 47.5 Å². The maximum Gasteiger partial charge on any atom is 0.237 e. The van der Waals surface area contributed by atoms with Crippen LogP contribution in [0.25, 0.3) is 5.69 Å². The van der Waals surface area contributed by atoms with Crippen LogP contribution < -0.4 is 10.6 Å². The lowest BCUT2D eigenvalue weighted by Crippen LogP contribution is -2.50. The molecule has 0 radical (unpaired) electrons. The second-order valence-corrected chi connectivity index (χ2v) is 7.42. The Hall–Kier alpha value is -2.21. The maximum atomic E-state index is 13.1. The summed E-state index contributed by atoms with van der Waals surface area (Å²) in [5, 5.41) is 10.7. The molecule has 0 bridgehead atoms. The maximum absolute atomic E-state index is 13.1. The normalized spacial score (nSPS) is 14.2. The highest BCUT2D eigenvalue weighted by atomic mass is 19.1. The average Bonchev–Trinajstić information content (AvgIpc) is 2.88. The van der Waals surface area contributed by atoms with Crippen molar-refractivity contribution >= 4 is 5.91 Å². The number of nitrogens with zero attached hydrogens (tertiary/aromatic N) is 2. The second kappa shape index (κ2) is 7.35. The smallest absolute Gasteiger partial charge is 0.237 e. The summed E-state index contributed by atoms with van der Waals surface area (Å²) in [5.74, 6) is -0.314. The summed E-state index contributed by atoms with van der Waals surface area (Å²) in [6.07, 6.45) is 1.78. The quantitative estimate of drug-likeness (QED) is 0.873. The summed E-state index contributed by atoms with van der Waals surface area (Å²) < 4.78 is 14.9. The van der Waals surface area contributed by atoms with Crippen LogP contribution in [0.1, 0.15) is 51.9 Å². The van der Waals surface area contributed by atoms with E-state index >= 15 is 0 Å². The molecule has 0 saturated carbocycles. The fraction of sp³-hybridized carbons (Fsp3) is 0.474. The number of nitrogens with one attached hydrogen (secondary N) is 2. The van der Waals surface area contributed by atoms with E-state index in [-0.39, 0.29) is 29.3 Å². The zero-order valence-corrected chi connectivity index (χ0v) is 15.7.